The summed E-state index contributed by atoms with van der Waals surface area (Å²) in [6, 6.07) is -0.465. The predicted octanol–water partition coefficient (Wildman–Crippen LogP) is 9.33. The molecule has 6 nitrogen and oxygen atoms in total. The molecular weight excluding hydrogens is 635 g/mol. The minimum Gasteiger partial charge on any atom is -0.292 e. The maximum absolute atomic E-state index is 14.4. The lowest BCUT2D eigenvalue weighted by atomic mass is 9.78. The molecule has 0 aliphatic carbocycles. The van der Waals surface area contributed by atoms with Gasteiger partial charge < -0.3 is 0 Å². The van der Waals surface area contributed by atoms with Crippen LogP contribution in [0.3, 0.4) is 0 Å². The van der Waals surface area contributed by atoms with Crippen LogP contribution in [0.5, 0.6) is 0 Å². The highest BCUT2D eigenvalue weighted by atomic mass is 32.2. The summed E-state index contributed by atoms with van der Waals surface area (Å²) in [5, 5.41) is 2.52. The van der Waals surface area contributed by atoms with Crippen LogP contribution < -0.4 is 5.43 Å². The number of urea groups is 1. The largest absolute Gasteiger partial charge is 0.341 e. The Hall–Kier alpha value is -1.40. The lowest BCUT2D eigenvalue weighted by Crippen LogP contribution is -2.53. The van der Waals surface area contributed by atoms with Crippen molar-refractivity contribution in [3.63, 3.8) is 0 Å². The molecule has 4 heterocycles. The van der Waals surface area contributed by atoms with Gasteiger partial charge in [0.05, 0.1) is 11.4 Å². The third-order valence-corrected chi connectivity index (χ3v) is 15.0. The molecule has 0 aromatic carbocycles. The van der Waals surface area contributed by atoms with Crippen LogP contribution in [0.4, 0.5) is 9.59 Å². The first-order chi connectivity index (χ1) is 20.4. The van der Waals surface area contributed by atoms with Gasteiger partial charge in [0, 0.05) is 22.6 Å². The third-order valence-electron chi connectivity index (χ3n) is 8.76. The fourth-order valence-corrected chi connectivity index (χ4v) is 12.8. The predicted molar refractivity (Wildman–Crippen MR) is 191 cm³/mol. The van der Waals surface area contributed by atoms with Crippen LogP contribution in [0.1, 0.15) is 68.2 Å². The Labute approximate surface area is 278 Å². The van der Waals surface area contributed by atoms with Gasteiger partial charge in [0.15, 0.2) is 0 Å². The summed E-state index contributed by atoms with van der Waals surface area (Å²) in [6.45, 7) is 22.4. The van der Waals surface area contributed by atoms with E-state index in [4.69, 9.17) is 0 Å². The molecule has 1 N–H and O–H groups in total. The van der Waals surface area contributed by atoms with Crippen molar-refractivity contribution in [2.24, 2.45) is 5.41 Å². The van der Waals surface area contributed by atoms with Gasteiger partial charge in [0.1, 0.15) is 4.08 Å². The average molecular weight is 678 g/mol. The van der Waals surface area contributed by atoms with E-state index in [-0.39, 0.29) is 15.2 Å². The number of allylic oxidation sites excluding steroid dienone is 5. The van der Waals surface area contributed by atoms with Crippen LogP contribution >= 0.6 is 58.8 Å². The molecule has 0 aromatic rings. The average Bonchev–Trinajstić information content (AvgIpc) is 3.24. The van der Waals surface area contributed by atoms with Crippen LogP contribution in [-0.4, -0.2) is 60.7 Å². The van der Waals surface area contributed by atoms with E-state index in [2.05, 4.69) is 78.9 Å². The highest BCUT2D eigenvalue weighted by molar-refractivity contribution is 8.19. The number of thioether (sulfide) groups is 5. The number of hydrogen-bond donors (Lipinski definition) is 1. The van der Waals surface area contributed by atoms with E-state index in [1.165, 1.54) is 21.0 Å². The maximum atomic E-state index is 14.4. The molecule has 4 aliphatic heterocycles. The molecule has 0 unspecified atom stereocenters. The minimum atomic E-state index is -0.465. The van der Waals surface area contributed by atoms with Gasteiger partial charge in [-0.2, -0.15) is 5.01 Å². The van der Waals surface area contributed by atoms with Gasteiger partial charge in [-0.25, -0.2) is 10.2 Å². The number of carbonyl (C=O) groups is 3. The first-order valence-corrected chi connectivity index (χ1v) is 19.6. The van der Waals surface area contributed by atoms with Gasteiger partial charge in [0.2, 0.25) is 0 Å². The number of rotatable bonds is 8. The maximum Gasteiger partial charge on any atom is 0.341 e. The van der Waals surface area contributed by atoms with Crippen LogP contribution in [0.25, 0.3) is 0 Å². The zero-order chi connectivity index (χ0) is 31.7. The lowest BCUT2D eigenvalue weighted by molar-refractivity contribution is -0.126. The standard InChI is InChI=1S/C32H43N3O3S5/c1-10-31(11-2)18-34(29(37)33-35-25(36)17-40-30(35)38)27(20(6)24-14-15-39-16-19(24)5)21(7)26-28(31)43-23(9)22(8)32(26,41-12-3)42-13-4/h14-15H,5,10-13,16-18H2,1-4,6-9H3,(H,33,37)/b24-20-. The molecular formula is C32H43N3O3S5. The molecule has 0 saturated carbocycles. The van der Waals surface area contributed by atoms with E-state index in [9.17, 15) is 14.4 Å². The molecule has 234 valence electrons. The highest BCUT2D eigenvalue weighted by Gasteiger charge is 2.51. The normalized spacial score (nSPS) is 23.3. The van der Waals surface area contributed by atoms with Crippen molar-refractivity contribution < 1.29 is 14.4 Å². The Bertz CT molecular complexity index is 1360. The fourth-order valence-electron chi connectivity index (χ4n) is 6.27. The highest BCUT2D eigenvalue weighted by Crippen LogP contribution is 2.64. The Morgan fingerprint density at radius 1 is 1.07 bits per heavy atom. The van der Waals surface area contributed by atoms with Crippen LogP contribution in [-0.2, 0) is 4.79 Å². The monoisotopic (exact) mass is 677 g/mol. The van der Waals surface area contributed by atoms with Gasteiger partial charge in [0.25, 0.3) is 5.91 Å². The smallest absolute Gasteiger partial charge is 0.292 e. The summed E-state index contributed by atoms with van der Waals surface area (Å²) < 4.78 is -0.302. The van der Waals surface area contributed by atoms with E-state index in [0.29, 0.717) is 6.54 Å². The number of carbonyl (C=O) groups excluding carboxylic acids is 3. The SMILES string of the molecule is C=C1CSC=C/C1=C(\C)C1=C(C)C2=C(SC(C)=C(C)C2(SCC)SCC)C(CC)(CC)CN1C(=O)NN1C(=O)CSC1=O. The molecule has 4 amide bonds. The third kappa shape index (κ3) is 6.10. The van der Waals surface area contributed by atoms with Crippen molar-refractivity contribution >= 4 is 76.0 Å². The first kappa shape index (κ1) is 34.5. The summed E-state index contributed by atoms with van der Waals surface area (Å²) in [5.41, 5.74) is 9.96. The lowest BCUT2D eigenvalue weighted by Gasteiger charge is -2.46. The van der Waals surface area contributed by atoms with Crippen molar-refractivity contribution in [3.05, 3.63) is 67.0 Å². The first-order valence-electron chi connectivity index (χ1n) is 14.8. The second-order valence-electron chi connectivity index (χ2n) is 11.0. The molecule has 0 bridgehead atoms. The van der Waals surface area contributed by atoms with Crippen LogP contribution in [0.15, 0.2) is 67.0 Å². The zero-order valence-corrected chi connectivity index (χ0v) is 30.6. The van der Waals surface area contributed by atoms with Gasteiger partial charge in [-0.3, -0.25) is 14.5 Å². The summed E-state index contributed by atoms with van der Waals surface area (Å²) in [6.07, 6.45) is 3.77. The summed E-state index contributed by atoms with van der Waals surface area (Å²) in [4.78, 5) is 44.0. The number of amides is 4. The number of nitrogens with zero attached hydrogens (tertiary/aromatic N) is 2. The number of hydrogen-bond acceptors (Lipinski definition) is 8. The number of nitrogens with one attached hydrogen (secondary N) is 1. The topological polar surface area (TPSA) is 69.7 Å². The Kier molecular flexibility index (Phi) is 11.2. The zero-order valence-electron chi connectivity index (χ0n) is 26.5. The van der Waals surface area contributed by atoms with Gasteiger partial charge >= 0.3 is 11.3 Å². The Morgan fingerprint density at radius 3 is 2.26 bits per heavy atom. The molecule has 4 aliphatic rings. The van der Waals surface area contributed by atoms with E-state index < -0.39 is 17.2 Å². The van der Waals surface area contributed by atoms with Crippen LogP contribution in [0.2, 0.25) is 0 Å². The Morgan fingerprint density at radius 2 is 1.72 bits per heavy atom. The quantitative estimate of drug-likeness (QED) is 0.255. The molecule has 4 rings (SSSR count). The van der Waals surface area contributed by atoms with Gasteiger partial charge in [-0.15, -0.1) is 35.3 Å². The summed E-state index contributed by atoms with van der Waals surface area (Å²) in [5.74, 6) is 2.31. The second kappa shape index (κ2) is 13.9. The Balaban J connectivity index is 2.08. The van der Waals surface area contributed by atoms with E-state index in [1.54, 1.807) is 11.8 Å². The molecule has 1 fully saturated rings. The van der Waals surface area contributed by atoms with E-state index in [0.717, 1.165) is 74.9 Å². The molecule has 1 saturated heterocycles. The fraction of sp³-hybridized carbons (Fsp3) is 0.531. The molecule has 0 aromatic heterocycles. The summed E-state index contributed by atoms with van der Waals surface area (Å²) in [7, 11) is 0. The molecule has 43 heavy (non-hydrogen) atoms. The van der Waals surface area contributed by atoms with Crippen molar-refractivity contribution in [2.45, 2.75) is 72.3 Å². The van der Waals surface area contributed by atoms with Crippen molar-refractivity contribution in [1.29, 1.82) is 0 Å². The van der Waals surface area contributed by atoms with Crippen molar-refractivity contribution in [2.75, 3.05) is 29.6 Å². The van der Waals surface area contributed by atoms with Crippen molar-refractivity contribution in [1.82, 2.24) is 15.3 Å². The van der Waals surface area contributed by atoms with E-state index >= 15 is 0 Å². The number of imide groups is 1. The van der Waals surface area contributed by atoms with Gasteiger partial charge in [-0.05, 0) is 102 Å². The molecule has 0 atom stereocenters. The van der Waals surface area contributed by atoms with Crippen LogP contribution in [0, 0.1) is 5.41 Å². The minimum absolute atomic E-state index is 0.0295. The van der Waals surface area contributed by atoms with E-state index in [1.807, 2.05) is 40.2 Å². The molecule has 0 spiro atoms. The molecule has 0 radical (unpaired) electrons. The number of hydrazine groups is 1. The second-order valence-corrected chi connectivity index (χ2v) is 17.2. The molecule has 11 heteroatoms. The van der Waals surface area contributed by atoms with Crippen molar-refractivity contribution in [3.8, 4) is 0 Å². The summed E-state index contributed by atoms with van der Waals surface area (Å²) >= 11 is 8.44. The van der Waals surface area contributed by atoms with Gasteiger partial charge in [-0.1, -0.05) is 57.8 Å².